The Bertz CT molecular complexity index is 1170. The predicted octanol–water partition coefficient (Wildman–Crippen LogP) is 4.69. The number of ether oxygens (including phenoxy) is 1. The highest BCUT2D eigenvalue weighted by Gasteiger charge is 2.18. The zero-order chi connectivity index (χ0) is 19.0. The zero-order valence-corrected chi connectivity index (χ0v) is 16.8. The average molecular weight is 419 g/mol. The molecule has 4 aromatic heterocycles. The Morgan fingerprint density at radius 2 is 2.22 bits per heavy atom. The molecule has 0 amide bonds. The van der Waals surface area contributed by atoms with Crippen molar-refractivity contribution < 1.29 is 13.9 Å². The zero-order valence-electron chi connectivity index (χ0n) is 14.4. The second kappa shape index (κ2) is 7.34. The fraction of sp³-hybridized carbons (Fsp3) is 0.167. The SMILES string of the molecule is COC(=O)c1ccc(CSc2nc3sc(C)c(-c4cccs4)c3c(=O)[nH]2)o1. The largest absolute Gasteiger partial charge is 0.463 e. The van der Waals surface area contributed by atoms with Crippen molar-refractivity contribution in [2.24, 2.45) is 0 Å². The van der Waals surface area contributed by atoms with Crippen LogP contribution in [0.1, 0.15) is 21.2 Å². The summed E-state index contributed by atoms with van der Waals surface area (Å²) in [5, 5.41) is 3.15. The van der Waals surface area contributed by atoms with Crippen LogP contribution in [0.4, 0.5) is 0 Å². The molecule has 0 aliphatic rings. The molecule has 27 heavy (non-hydrogen) atoms. The lowest BCUT2D eigenvalue weighted by Gasteiger charge is -2.01. The lowest BCUT2D eigenvalue weighted by atomic mass is 10.1. The molecule has 0 saturated carbocycles. The standard InChI is InChI=1S/C18H14N2O4S3/c1-9-13(12-4-3-7-25-12)14-15(21)19-18(20-16(14)27-9)26-8-10-5-6-11(24-10)17(22)23-2/h3-7H,8H2,1-2H3,(H,19,20,21). The van der Waals surface area contributed by atoms with Crippen molar-refractivity contribution in [1.82, 2.24) is 9.97 Å². The Kier molecular flexibility index (Phi) is 4.90. The number of H-pyrrole nitrogens is 1. The minimum atomic E-state index is -0.519. The summed E-state index contributed by atoms with van der Waals surface area (Å²) in [6.45, 7) is 2.00. The topological polar surface area (TPSA) is 85.2 Å². The molecule has 138 valence electrons. The number of hydrogen-bond acceptors (Lipinski definition) is 8. The number of carbonyl (C=O) groups excluding carboxylic acids is 1. The van der Waals surface area contributed by atoms with E-state index in [-0.39, 0.29) is 11.3 Å². The lowest BCUT2D eigenvalue weighted by Crippen LogP contribution is -2.08. The van der Waals surface area contributed by atoms with Gasteiger partial charge in [0.2, 0.25) is 5.76 Å². The Labute approximate surface area is 166 Å². The third-order valence-electron chi connectivity index (χ3n) is 3.88. The van der Waals surface area contributed by atoms with E-state index >= 15 is 0 Å². The molecule has 4 aromatic rings. The van der Waals surface area contributed by atoms with Gasteiger partial charge in [0.25, 0.3) is 5.56 Å². The van der Waals surface area contributed by atoms with Crippen LogP contribution in [0, 0.1) is 6.92 Å². The maximum atomic E-state index is 12.7. The van der Waals surface area contributed by atoms with Crippen LogP contribution in [0.5, 0.6) is 0 Å². The van der Waals surface area contributed by atoms with E-state index in [1.165, 1.54) is 30.2 Å². The minimum absolute atomic E-state index is 0.148. The molecule has 0 aliphatic heterocycles. The molecule has 4 heterocycles. The van der Waals surface area contributed by atoms with E-state index < -0.39 is 5.97 Å². The van der Waals surface area contributed by atoms with Crippen molar-refractivity contribution in [3.05, 3.63) is 56.4 Å². The fourth-order valence-corrected chi connectivity index (χ4v) is 5.44. The summed E-state index contributed by atoms with van der Waals surface area (Å²) in [6, 6.07) is 7.26. The van der Waals surface area contributed by atoms with Crippen molar-refractivity contribution in [3.8, 4) is 10.4 Å². The molecule has 9 heteroatoms. The Hall–Kier alpha value is -2.36. The van der Waals surface area contributed by atoms with Crippen molar-refractivity contribution in [1.29, 1.82) is 0 Å². The van der Waals surface area contributed by atoms with Crippen LogP contribution in [0.25, 0.3) is 20.7 Å². The van der Waals surface area contributed by atoms with E-state index in [0.717, 1.165) is 20.1 Å². The lowest BCUT2D eigenvalue weighted by molar-refractivity contribution is 0.0563. The van der Waals surface area contributed by atoms with Crippen LogP contribution in [-0.4, -0.2) is 23.0 Å². The second-order valence-corrected chi connectivity index (χ2v) is 8.72. The average Bonchev–Trinajstić information content (AvgIpc) is 3.38. The number of nitrogens with zero attached hydrogens (tertiary/aromatic N) is 1. The van der Waals surface area contributed by atoms with Gasteiger partial charge in [0.05, 0.1) is 18.2 Å². The van der Waals surface area contributed by atoms with Crippen molar-refractivity contribution in [2.75, 3.05) is 7.11 Å². The molecule has 6 nitrogen and oxygen atoms in total. The number of esters is 1. The number of fused-ring (bicyclic) bond motifs is 1. The summed E-state index contributed by atoms with van der Waals surface area (Å²) in [7, 11) is 1.30. The highest BCUT2D eigenvalue weighted by Crippen LogP contribution is 2.38. The molecule has 0 aliphatic carbocycles. The number of nitrogens with one attached hydrogen (secondary N) is 1. The van der Waals surface area contributed by atoms with Gasteiger partial charge < -0.3 is 14.1 Å². The number of rotatable bonds is 5. The first kappa shape index (κ1) is 18.0. The summed E-state index contributed by atoms with van der Waals surface area (Å²) in [4.78, 5) is 34.4. The number of carbonyl (C=O) groups is 1. The third-order valence-corrected chi connectivity index (χ3v) is 6.67. The molecule has 0 radical (unpaired) electrons. The summed E-state index contributed by atoms with van der Waals surface area (Å²) in [5.41, 5.74) is 0.814. The molecule has 4 rings (SSSR count). The van der Waals surface area contributed by atoms with E-state index in [9.17, 15) is 9.59 Å². The van der Waals surface area contributed by atoms with Gasteiger partial charge in [0, 0.05) is 15.3 Å². The van der Waals surface area contributed by atoms with Gasteiger partial charge >= 0.3 is 5.97 Å². The smallest absolute Gasteiger partial charge is 0.373 e. The van der Waals surface area contributed by atoms with Crippen LogP contribution in [0.15, 0.2) is 44.0 Å². The van der Waals surface area contributed by atoms with Crippen LogP contribution in [0.2, 0.25) is 0 Å². The number of aryl methyl sites for hydroxylation is 1. The predicted molar refractivity (Wildman–Crippen MR) is 108 cm³/mol. The number of hydrogen-bond donors (Lipinski definition) is 1. The summed E-state index contributed by atoms with van der Waals surface area (Å²) >= 11 is 4.47. The quantitative estimate of drug-likeness (QED) is 0.287. The van der Waals surface area contributed by atoms with Gasteiger partial charge in [-0.05, 0) is 30.5 Å². The molecular formula is C18H14N2O4S3. The monoisotopic (exact) mass is 418 g/mol. The first-order valence-electron chi connectivity index (χ1n) is 7.94. The highest BCUT2D eigenvalue weighted by molar-refractivity contribution is 7.98. The number of furan rings is 1. The van der Waals surface area contributed by atoms with Gasteiger partial charge in [0.1, 0.15) is 10.6 Å². The van der Waals surface area contributed by atoms with Crippen molar-refractivity contribution >= 4 is 50.6 Å². The second-order valence-electron chi connectivity index (χ2n) is 5.61. The molecule has 0 bridgehead atoms. The van der Waals surface area contributed by atoms with E-state index in [1.54, 1.807) is 23.5 Å². The number of methoxy groups -OCH3 is 1. The number of aromatic nitrogens is 2. The molecular weight excluding hydrogens is 404 g/mol. The number of aromatic amines is 1. The van der Waals surface area contributed by atoms with E-state index in [0.29, 0.717) is 22.1 Å². The fourth-order valence-electron chi connectivity index (χ4n) is 2.69. The van der Waals surface area contributed by atoms with Crippen molar-refractivity contribution in [3.63, 3.8) is 0 Å². The molecule has 0 aromatic carbocycles. The van der Waals surface area contributed by atoms with Crippen molar-refractivity contribution in [2.45, 2.75) is 17.8 Å². The first-order chi connectivity index (χ1) is 13.1. The molecule has 0 fully saturated rings. The molecule has 1 N–H and O–H groups in total. The minimum Gasteiger partial charge on any atom is -0.463 e. The van der Waals surface area contributed by atoms with Gasteiger partial charge in [-0.2, -0.15) is 0 Å². The Morgan fingerprint density at radius 3 is 2.96 bits per heavy atom. The Morgan fingerprint density at radius 1 is 1.37 bits per heavy atom. The van der Waals surface area contributed by atoms with Crippen LogP contribution >= 0.6 is 34.4 Å². The van der Waals surface area contributed by atoms with Gasteiger partial charge in [-0.1, -0.05) is 17.8 Å². The van der Waals surface area contributed by atoms with Gasteiger partial charge in [-0.15, -0.1) is 22.7 Å². The van der Waals surface area contributed by atoms with Gasteiger partial charge in [0.15, 0.2) is 5.16 Å². The highest BCUT2D eigenvalue weighted by atomic mass is 32.2. The molecule has 0 unspecified atom stereocenters. The van der Waals surface area contributed by atoms with E-state index in [2.05, 4.69) is 14.7 Å². The number of thiophene rings is 2. The van der Waals surface area contributed by atoms with Crippen LogP contribution in [0.3, 0.4) is 0 Å². The maximum absolute atomic E-state index is 12.7. The normalized spacial score (nSPS) is 11.2. The molecule has 0 atom stereocenters. The first-order valence-corrected chi connectivity index (χ1v) is 10.6. The maximum Gasteiger partial charge on any atom is 0.373 e. The molecule has 0 saturated heterocycles. The molecule has 0 spiro atoms. The number of thioether (sulfide) groups is 1. The summed E-state index contributed by atoms with van der Waals surface area (Å²) in [5.74, 6) is 0.673. The Balaban J connectivity index is 1.62. The van der Waals surface area contributed by atoms with Gasteiger partial charge in [-0.3, -0.25) is 4.79 Å². The van der Waals surface area contributed by atoms with Crippen LogP contribution < -0.4 is 5.56 Å². The van der Waals surface area contributed by atoms with E-state index in [4.69, 9.17) is 4.42 Å². The van der Waals surface area contributed by atoms with Crippen LogP contribution in [-0.2, 0) is 10.5 Å². The van der Waals surface area contributed by atoms with E-state index in [1.807, 2.05) is 24.4 Å². The summed E-state index contributed by atoms with van der Waals surface area (Å²) in [6.07, 6.45) is 0. The van der Waals surface area contributed by atoms with Gasteiger partial charge in [-0.25, -0.2) is 9.78 Å². The summed E-state index contributed by atoms with van der Waals surface area (Å²) < 4.78 is 10.1. The third kappa shape index (κ3) is 3.45.